The number of carbonyl (C=O) groups is 1. The van der Waals surface area contributed by atoms with E-state index in [1.165, 1.54) is 44.6 Å². The van der Waals surface area contributed by atoms with Crippen LogP contribution in [0.25, 0.3) is 0 Å². The Morgan fingerprint density at radius 1 is 1.12 bits per heavy atom. The smallest absolute Gasteiger partial charge is 0.255 e. The van der Waals surface area contributed by atoms with Crippen LogP contribution in [-0.4, -0.2) is 35.1 Å². The van der Waals surface area contributed by atoms with Gasteiger partial charge in [0, 0.05) is 23.9 Å². The Labute approximate surface area is 152 Å². The van der Waals surface area contributed by atoms with E-state index in [9.17, 15) is 13.2 Å². The minimum Gasteiger partial charge on any atom is -0.493 e. The summed E-state index contributed by atoms with van der Waals surface area (Å²) in [5, 5.41) is 2.70. The van der Waals surface area contributed by atoms with Gasteiger partial charge in [0.2, 0.25) is 10.0 Å². The summed E-state index contributed by atoms with van der Waals surface area (Å²) < 4.78 is 37.0. The quantitative estimate of drug-likeness (QED) is 0.690. The summed E-state index contributed by atoms with van der Waals surface area (Å²) in [6, 6.07) is 10.7. The van der Waals surface area contributed by atoms with Crippen molar-refractivity contribution in [1.82, 2.24) is 4.72 Å². The number of amides is 1. The van der Waals surface area contributed by atoms with Gasteiger partial charge in [-0.05, 0) is 30.3 Å². The van der Waals surface area contributed by atoms with Crippen LogP contribution in [-0.2, 0) is 10.0 Å². The molecule has 1 amide bonds. The number of rotatable bonds is 8. The van der Waals surface area contributed by atoms with Gasteiger partial charge < -0.3 is 14.8 Å². The summed E-state index contributed by atoms with van der Waals surface area (Å²) in [7, 11) is -0.698. The largest absolute Gasteiger partial charge is 0.493 e. The van der Waals surface area contributed by atoms with Gasteiger partial charge in [-0.15, -0.1) is 6.58 Å². The summed E-state index contributed by atoms with van der Waals surface area (Å²) in [6.07, 6.45) is 1.44. The molecule has 0 aliphatic heterocycles. The molecule has 7 nitrogen and oxygen atoms in total. The van der Waals surface area contributed by atoms with Gasteiger partial charge in [-0.3, -0.25) is 4.79 Å². The molecule has 2 rings (SSSR count). The Morgan fingerprint density at radius 2 is 1.85 bits per heavy atom. The van der Waals surface area contributed by atoms with Gasteiger partial charge in [0.1, 0.15) is 0 Å². The van der Waals surface area contributed by atoms with E-state index in [0.29, 0.717) is 17.2 Å². The Bertz CT molecular complexity index is 910. The maximum absolute atomic E-state index is 12.4. The van der Waals surface area contributed by atoms with E-state index in [1.54, 1.807) is 18.2 Å². The van der Waals surface area contributed by atoms with Crippen LogP contribution < -0.4 is 19.5 Å². The molecule has 8 heteroatoms. The predicted molar refractivity (Wildman–Crippen MR) is 99.3 cm³/mol. The first-order valence-corrected chi connectivity index (χ1v) is 9.13. The maximum atomic E-state index is 12.4. The number of ether oxygens (including phenoxy) is 2. The highest BCUT2D eigenvalue weighted by molar-refractivity contribution is 7.89. The molecule has 0 atom stereocenters. The lowest BCUT2D eigenvalue weighted by Gasteiger charge is -2.11. The Hall–Kier alpha value is -2.84. The van der Waals surface area contributed by atoms with Crippen molar-refractivity contribution in [3.05, 3.63) is 60.7 Å². The fourth-order valence-corrected chi connectivity index (χ4v) is 3.22. The lowest BCUT2D eigenvalue weighted by atomic mass is 10.2. The van der Waals surface area contributed by atoms with Gasteiger partial charge in [-0.25, -0.2) is 13.1 Å². The number of anilines is 1. The second-order valence-corrected chi connectivity index (χ2v) is 6.96. The van der Waals surface area contributed by atoms with Gasteiger partial charge in [0.15, 0.2) is 11.5 Å². The van der Waals surface area contributed by atoms with Crippen LogP contribution in [0.3, 0.4) is 0 Å². The van der Waals surface area contributed by atoms with Crippen molar-refractivity contribution in [3.63, 3.8) is 0 Å². The molecule has 0 heterocycles. The highest BCUT2D eigenvalue weighted by Crippen LogP contribution is 2.30. The second kappa shape index (κ2) is 8.50. The lowest BCUT2D eigenvalue weighted by Crippen LogP contribution is -2.24. The normalized spacial score (nSPS) is 10.8. The molecule has 0 saturated heterocycles. The van der Waals surface area contributed by atoms with Crippen LogP contribution in [0.4, 0.5) is 5.69 Å². The van der Waals surface area contributed by atoms with E-state index < -0.39 is 15.9 Å². The van der Waals surface area contributed by atoms with Gasteiger partial charge in [-0.1, -0.05) is 12.1 Å². The van der Waals surface area contributed by atoms with Crippen molar-refractivity contribution in [2.24, 2.45) is 0 Å². The van der Waals surface area contributed by atoms with Crippen LogP contribution >= 0.6 is 0 Å². The number of hydrogen-bond donors (Lipinski definition) is 2. The predicted octanol–water partition coefficient (Wildman–Crippen LogP) is 2.42. The summed E-state index contributed by atoms with van der Waals surface area (Å²) >= 11 is 0. The highest BCUT2D eigenvalue weighted by atomic mass is 32.2. The first-order chi connectivity index (χ1) is 12.4. The van der Waals surface area contributed by atoms with Crippen molar-refractivity contribution in [3.8, 4) is 11.5 Å². The number of nitrogens with one attached hydrogen (secondary N) is 2. The Morgan fingerprint density at radius 3 is 2.50 bits per heavy atom. The number of methoxy groups -OCH3 is 2. The SMILES string of the molecule is C=CCNS(=O)(=O)c1cccc(C(=O)Nc2ccc(OC)c(OC)c2)c1. The number of sulfonamides is 1. The zero-order chi connectivity index (χ0) is 19.2. The maximum Gasteiger partial charge on any atom is 0.255 e. The van der Waals surface area contributed by atoms with Crippen molar-refractivity contribution in [1.29, 1.82) is 0 Å². The van der Waals surface area contributed by atoms with Gasteiger partial charge in [0.25, 0.3) is 5.91 Å². The topological polar surface area (TPSA) is 93.7 Å². The van der Waals surface area contributed by atoms with Crippen LogP contribution in [0.2, 0.25) is 0 Å². The number of hydrogen-bond acceptors (Lipinski definition) is 5. The monoisotopic (exact) mass is 376 g/mol. The summed E-state index contributed by atoms with van der Waals surface area (Å²) in [5.41, 5.74) is 0.701. The molecule has 0 aliphatic carbocycles. The molecular weight excluding hydrogens is 356 g/mol. The fraction of sp³-hybridized carbons (Fsp3) is 0.167. The Balaban J connectivity index is 2.23. The highest BCUT2D eigenvalue weighted by Gasteiger charge is 2.16. The van der Waals surface area contributed by atoms with E-state index in [0.717, 1.165) is 0 Å². The van der Waals surface area contributed by atoms with Crippen LogP contribution in [0.1, 0.15) is 10.4 Å². The van der Waals surface area contributed by atoms with E-state index in [1.807, 2.05) is 0 Å². The molecule has 138 valence electrons. The van der Waals surface area contributed by atoms with Crippen molar-refractivity contribution in [2.45, 2.75) is 4.90 Å². The molecule has 0 aromatic heterocycles. The van der Waals surface area contributed by atoms with Gasteiger partial charge >= 0.3 is 0 Å². The summed E-state index contributed by atoms with van der Waals surface area (Å²) in [6.45, 7) is 3.57. The third kappa shape index (κ3) is 4.62. The number of benzene rings is 2. The zero-order valence-corrected chi connectivity index (χ0v) is 15.3. The molecule has 2 N–H and O–H groups in total. The molecule has 0 spiro atoms. The first-order valence-electron chi connectivity index (χ1n) is 7.65. The Kier molecular flexibility index (Phi) is 6.37. The minimum absolute atomic E-state index is 0.000638. The molecule has 0 radical (unpaired) electrons. The first kappa shape index (κ1) is 19.5. The molecule has 26 heavy (non-hydrogen) atoms. The van der Waals surface area contributed by atoms with Crippen molar-refractivity contribution < 1.29 is 22.7 Å². The molecule has 0 bridgehead atoms. The molecule has 0 aliphatic rings. The molecular formula is C18H20N2O5S. The van der Waals surface area contributed by atoms with Crippen molar-refractivity contribution >= 4 is 21.6 Å². The van der Waals surface area contributed by atoms with Crippen LogP contribution in [0, 0.1) is 0 Å². The lowest BCUT2D eigenvalue weighted by molar-refractivity contribution is 0.102. The molecule has 2 aromatic rings. The third-order valence-corrected chi connectivity index (χ3v) is 4.89. The fourth-order valence-electron chi connectivity index (χ4n) is 2.17. The van der Waals surface area contributed by atoms with E-state index in [-0.39, 0.29) is 17.0 Å². The second-order valence-electron chi connectivity index (χ2n) is 5.19. The van der Waals surface area contributed by atoms with E-state index in [2.05, 4.69) is 16.6 Å². The molecule has 2 aromatic carbocycles. The van der Waals surface area contributed by atoms with Crippen LogP contribution in [0.15, 0.2) is 60.0 Å². The summed E-state index contributed by atoms with van der Waals surface area (Å²) in [4.78, 5) is 12.4. The average molecular weight is 376 g/mol. The molecule has 0 unspecified atom stereocenters. The van der Waals surface area contributed by atoms with Gasteiger partial charge in [-0.2, -0.15) is 0 Å². The van der Waals surface area contributed by atoms with E-state index >= 15 is 0 Å². The molecule has 0 saturated carbocycles. The number of carbonyl (C=O) groups excluding carboxylic acids is 1. The standard InChI is InChI=1S/C18H20N2O5S/c1-4-10-19-26(22,23)15-7-5-6-13(11-15)18(21)20-14-8-9-16(24-2)17(12-14)25-3/h4-9,11-12,19H,1,10H2,2-3H3,(H,20,21). The average Bonchev–Trinajstić information content (AvgIpc) is 2.66. The van der Waals surface area contributed by atoms with E-state index in [4.69, 9.17) is 9.47 Å². The van der Waals surface area contributed by atoms with Crippen LogP contribution in [0.5, 0.6) is 11.5 Å². The van der Waals surface area contributed by atoms with Crippen molar-refractivity contribution in [2.75, 3.05) is 26.1 Å². The zero-order valence-electron chi connectivity index (χ0n) is 14.5. The minimum atomic E-state index is -3.71. The van der Waals surface area contributed by atoms with Gasteiger partial charge in [0.05, 0.1) is 19.1 Å². The third-order valence-electron chi connectivity index (χ3n) is 3.47. The summed E-state index contributed by atoms with van der Waals surface area (Å²) in [5.74, 6) is 0.556. The molecule has 0 fully saturated rings.